The van der Waals surface area contributed by atoms with E-state index in [9.17, 15) is 9.50 Å². The van der Waals surface area contributed by atoms with Gasteiger partial charge in [-0.05, 0) is 50.2 Å². The normalized spacial score (nSPS) is 17.8. The van der Waals surface area contributed by atoms with Gasteiger partial charge in [0.15, 0.2) is 0 Å². The van der Waals surface area contributed by atoms with E-state index in [1.54, 1.807) is 12.1 Å². The molecule has 1 saturated heterocycles. The summed E-state index contributed by atoms with van der Waals surface area (Å²) in [4.78, 5) is 2.42. The number of aliphatic hydroxyl groups is 1. The first kappa shape index (κ1) is 16.4. The van der Waals surface area contributed by atoms with Crippen molar-refractivity contribution in [3.8, 4) is 0 Å². The molecule has 1 aromatic carbocycles. The second-order valence-corrected chi connectivity index (χ2v) is 5.41. The van der Waals surface area contributed by atoms with Crippen LogP contribution in [-0.2, 0) is 4.74 Å². The summed E-state index contributed by atoms with van der Waals surface area (Å²) in [6, 6.07) is 6.04. The molecule has 2 rings (SSSR count). The Labute approximate surface area is 125 Å². The van der Waals surface area contributed by atoms with Gasteiger partial charge in [0.25, 0.3) is 0 Å². The van der Waals surface area contributed by atoms with Crippen LogP contribution in [0.2, 0.25) is 0 Å². The van der Waals surface area contributed by atoms with Crippen LogP contribution in [0.15, 0.2) is 24.3 Å². The molecule has 1 unspecified atom stereocenters. The standard InChI is InChI=1S/C16H25FN2O2/c17-15-4-2-14(3-5-15)16(20)6-8-18-7-1-9-19-10-12-21-13-11-19/h2-5,16,18,20H,1,6-13H2. The van der Waals surface area contributed by atoms with E-state index < -0.39 is 6.10 Å². The highest BCUT2D eigenvalue weighted by atomic mass is 19.1. The molecule has 21 heavy (non-hydrogen) atoms. The Hall–Kier alpha value is -1.01. The molecule has 0 bridgehead atoms. The van der Waals surface area contributed by atoms with Crippen molar-refractivity contribution in [3.05, 3.63) is 35.6 Å². The zero-order valence-electron chi connectivity index (χ0n) is 12.4. The molecular formula is C16H25FN2O2. The van der Waals surface area contributed by atoms with E-state index in [-0.39, 0.29) is 5.82 Å². The molecule has 118 valence electrons. The number of rotatable bonds is 8. The molecule has 1 fully saturated rings. The van der Waals surface area contributed by atoms with Crippen molar-refractivity contribution in [2.45, 2.75) is 18.9 Å². The number of hydrogen-bond donors (Lipinski definition) is 2. The van der Waals surface area contributed by atoms with Gasteiger partial charge in [-0.2, -0.15) is 0 Å². The summed E-state index contributed by atoms with van der Waals surface area (Å²) in [5.41, 5.74) is 0.770. The van der Waals surface area contributed by atoms with Crippen LogP contribution < -0.4 is 5.32 Å². The van der Waals surface area contributed by atoms with Crippen LogP contribution in [0.25, 0.3) is 0 Å². The van der Waals surface area contributed by atoms with Crippen LogP contribution in [0, 0.1) is 5.82 Å². The maximum absolute atomic E-state index is 12.8. The Morgan fingerprint density at radius 2 is 1.90 bits per heavy atom. The number of hydrogen-bond acceptors (Lipinski definition) is 4. The van der Waals surface area contributed by atoms with Gasteiger partial charge in [-0.1, -0.05) is 12.1 Å². The van der Waals surface area contributed by atoms with E-state index in [0.29, 0.717) is 6.42 Å². The van der Waals surface area contributed by atoms with Crippen LogP contribution >= 0.6 is 0 Å². The smallest absolute Gasteiger partial charge is 0.123 e. The molecule has 0 aliphatic carbocycles. The Kier molecular flexibility index (Phi) is 7.09. The molecule has 0 amide bonds. The number of ether oxygens (including phenoxy) is 1. The quantitative estimate of drug-likeness (QED) is 0.715. The van der Waals surface area contributed by atoms with Crippen molar-refractivity contribution >= 4 is 0 Å². The Balaban J connectivity index is 1.52. The maximum Gasteiger partial charge on any atom is 0.123 e. The van der Waals surface area contributed by atoms with Crippen LogP contribution in [0.5, 0.6) is 0 Å². The van der Waals surface area contributed by atoms with Crippen molar-refractivity contribution < 1.29 is 14.2 Å². The average molecular weight is 296 g/mol. The average Bonchev–Trinajstić information content (AvgIpc) is 2.52. The summed E-state index contributed by atoms with van der Waals surface area (Å²) in [5, 5.41) is 13.3. The molecule has 1 atom stereocenters. The first-order valence-electron chi connectivity index (χ1n) is 7.70. The molecule has 5 heteroatoms. The predicted octanol–water partition coefficient (Wildman–Crippen LogP) is 1.56. The molecule has 2 N–H and O–H groups in total. The number of halogens is 1. The predicted molar refractivity (Wildman–Crippen MR) is 80.7 cm³/mol. The van der Waals surface area contributed by atoms with Crippen LogP contribution in [0.4, 0.5) is 4.39 Å². The molecule has 0 radical (unpaired) electrons. The van der Waals surface area contributed by atoms with Gasteiger partial charge >= 0.3 is 0 Å². The second-order valence-electron chi connectivity index (χ2n) is 5.41. The van der Waals surface area contributed by atoms with Crippen molar-refractivity contribution in [2.24, 2.45) is 0 Å². The molecule has 0 saturated carbocycles. The maximum atomic E-state index is 12.8. The fourth-order valence-electron chi connectivity index (χ4n) is 2.47. The molecule has 4 nitrogen and oxygen atoms in total. The fraction of sp³-hybridized carbons (Fsp3) is 0.625. The number of benzene rings is 1. The van der Waals surface area contributed by atoms with Crippen molar-refractivity contribution in [1.82, 2.24) is 10.2 Å². The van der Waals surface area contributed by atoms with E-state index in [4.69, 9.17) is 4.74 Å². The lowest BCUT2D eigenvalue weighted by Crippen LogP contribution is -2.37. The first-order chi connectivity index (χ1) is 10.3. The lowest BCUT2D eigenvalue weighted by atomic mass is 10.1. The third-order valence-corrected chi connectivity index (χ3v) is 3.78. The van der Waals surface area contributed by atoms with Gasteiger partial charge in [0.05, 0.1) is 19.3 Å². The number of nitrogens with one attached hydrogen (secondary N) is 1. The van der Waals surface area contributed by atoms with Gasteiger partial charge in [0.1, 0.15) is 5.82 Å². The highest BCUT2D eigenvalue weighted by Crippen LogP contribution is 2.16. The van der Waals surface area contributed by atoms with Gasteiger partial charge in [-0.25, -0.2) is 4.39 Å². The van der Waals surface area contributed by atoms with Gasteiger partial charge in [0, 0.05) is 13.1 Å². The summed E-state index contributed by atoms with van der Waals surface area (Å²) in [7, 11) is 0. The van der Waals surface area contributed by atoms with Crippen molar-refractivity contribution in [1.29, 1.82) is 0 Å². The molecule has 0 spiro atoms. The Morgan fingerprint density at radius 1 is 1.19 bits per heavy atom. The van der Waals surface area contributed by atoms with E-state index in [1.807, 2.05) is 0 Å². The van der Waals surface area contributed by atoms with E-state index in [2.05, 4.69) is 10.2 Å². The molecule has 1 heterocycles. The van der Waals surface area contributed by atoms with Crippen molar-refractivity contribution in [2.75, 3.05) is 45.9 Å². The van der Waals surface area contributed by atoms with E-state index in [1.165, 1.54) is 12.1 Å². The molecule has 1 aromatic rings. The van der Waals surface area contributed by atoms with Crippen molar-refractivity contribution in [3.63, 3.8) is 0 Å². The van der Waals surface area contributed by atoms with Crippen LogP contribution in [0.1, 0.15) is 24.5 Å². The number of aliphatic hydroxyl groups excluding tert-OH is 1. The third-order valence-electron chi connectivity index (χ3n) is 3.78. The van der Waals surface area contributed by atoms with Gasteiger partial charge in [0.2, 0.25) is 0 Å². The Bertz CT molecular complexity index is 394. The summed E-state index contributed by atoms with van der Waals surface area (Å²) >= 11 is 0. The fourth-order valence-corrected chi connectivity index (χ4v) is 2.47. The summed E-state index contributed by atoms with van der Waals surface area (Å²) < 4.78 is 18.1. The SMILES string of the molecule is OC(CCNCCCN1CCOCC1)c1ccc(F)cc1. The summed E-state index contributed by atoms with van der Waals surface area (Å²) in [5.74, 6) is -0.271. The minimum Gasteiger partial charge on any atom is -0.388 e. The molecule has 0 aromatic heterocycles. The minimum absolute atomic E-state index is 0.271. The Morgan fingerprint density at radius 3 is 2.62 bits per heavy atom. The first-order valence-corrected chi connectivity index (χ1v) is 7.70. The molecule has 1 aliphatic heterocycles. The summed E-state index contributed by atoms with van der Waals surface area (Å²) in [6.07, 6.45) is 1.22. The highest BCUT2D eigenvalue weighted by molar-refractivity contribution is 5.18. The van der Waals surface area contributed by atoms with E-state index in [0.717, 1.165) is 57.9 Å². The largest absolute Gasteiger partial charge is 0.388 e. The van der Waals surface area contributed by atoms with E-state index >= 15 is 0 Å². The van der Waals surface area contributed by atoms with Gasteiger partial charge in [-0.3, -0.25) is 4.90 Å². The number of nitrogens with zero attached hydrogens (tertiary/aromatic N) is 1. The van der Waals surface area contributed by atoms with Crippen LogP contribution in [-0.4, -0.2) is 55.9 Å². The second kappa shape index (κ2) is 9.10. The highest BCUT2D eigenvalue weighted by Gasteiger charge is 2.09. The van der Waals surface area contributed by atoms with Gasteiger partial charge < -0.3 is 15.2 Å². The monoisotopic (exact) mass is 296 g/mol. The van der Waals surface area contributed by atoms with Gasteiger partial charge in [-0.15, -0.1) is 0 Å². The lowest BCUT2D eigenvalue weighted by molar-refractivity contribution is 0.0374. The molecule has 1 aliphatic rings. The molecular weight excluding hydrogens is 271 g/mol. The summed E-state index contributed by atoms with van der Waals surface area (Å²) in [6.45, 7) is 6.56. The topological polar surface area (TPSA) is 44.7 Å². The zero-order valence-corrected chi connectivity index (χ0v) is 12.4. The van der Waals surface area contributed by atoms with Crippen LogP contribution in [0.3, 0.4) is 0 Å². The zero-order chi connectivity index (χ0) is 14.9. The minimum atomic E-state index is -0.530. The number of morpholine rings is 1. The third kappa shape index (κ3) is 6.09. The lowest BCUT2D eigenvalue weighted by Gasteiger charge is -2.26.